The van der Waals surface area contributed by atoms with E-state index in [2.05, 4.69) is 175 Å². The molecule has 1 heterocycles. The van der Waals surface area contributed by atoms with E-state index in [1.807, 2.05) is 11.3 Å². The molecule has 0 radical (unpaired) electrons. The zero-order valence-electron chi connectivity index (χ0n) is 29.1. The molecular weight excluding hydrogens is 647 g/mol. The van der Waals surface area contributed by atoms with Crippen LogP contribution in [0.1, 0.15) is 43.6 Å². The highest BCUT2D eigenvalue weighted by molar-refractivity contribution is 7.25. The summed E-state index contributed by atoms with van der Waals surface area (Å²) in [7, 11) is 0. The van der Waals surface area contributed by atoms with Crippen LogP contribution in [0.5, 0.6) is 0 Å². The van der Waals surface area contributed by atoms with Crippen LogP contribution in [0, 0.1) is 0 Å². The molecule has 0 spiro atoms. The summed E-state index contributed by atoms with van der Waals surface area (Å²) in [4.78, 5) is 2.47. The Balaban J connectivity index is 1.14. The lowest BCUT2D eigenvalue weighted by molar-refractivity contribution is 0.443. The van der Waals surface area contributed by atoms with E-state index in [4.69, 9.17) is 0 Å². The van der Waals surface area contributed by atoms with E-state index in [0.717, 1.165) is 17.3 Å². The van der Waals surface area contributed by atoms with Crippen LogP contribution in [-0.4, -0.2) is 0 Å². The minimum Gasteiger partial charge on any atom is -0.310 e. The lowest BCUT2D eigenvalue weighted by Crippen LogP contribution is -2.11. The topological polar surface area (TPSA) is 3.24 Å². The molecule has 9 aromatic rings. The molecule has 0 bridgehead atoms. The lowest BCUT2D eigenvalue weighted by Gasteiger charge is -2.29. The first-order chi connectivity index (χ1) is 25.8. The second-order valence-corrected chi connectivity index (χ2v) is 15.4. The highest BCUT2D eigenvalue weighted by Gasteiger charge is 2.21. The predicted molar refractivity (Wildman–Crippen MR) is 226 cm³/mol. The molecule has 0 saturated heterocycles. The van der Waals surface area contributed by atoms with Crippen molar-refractivity contribution in [2.75, 3.05) is 4.90 Å². The van der Waals surface area contributed by atoms with Gasteiger partial charge in [0.2, 0.25) is 0 Å². The predicted octanol–water partition coefficient (Wildman–Crippen LogP) is 15.2. The van der Waals surface area contributed by atoms with Gasteiger partial charge in [-0.25, -0.2) is 0 Å². The molecule has 1 aromatic heterocycles. The largest absolute Gasteiger partial charge is 0.310 e. The Bertz CT molecular complexity index is 2710. The van der Waals surface area contributed by atoms with Crippen LogP contribution in [-0.2, 0) is 0 Å². The van der Waals surface area contributed by atoms with Gasteiger partial charge in [0.15, 0.2) is 0 Å². The number of thiophene rings is 1. The second kappa shape index (κ2) is 13.1. The van der Waals surface area contributed by atoms with Crippen LogP contribution >= 0.6 is 11.3 Å². The van der Waals surface area contributed by atoms with Crippen LogP contribution in [0.4, 0.5) is 17.1 Å². The van der Waals surface area contributed by atoms with E-state index < -0.39 is 0 Å². The molecular formula is C50H39NS. The van der Waals surface area contributed by atoms with E-state index in [-0.39, 0.29) is 0 Å². The summed E-state index contributed by atoms with van der Waals surface area (Å²) < 4.78 is 2.62. The molecule has 0 amide bonds. The Morgan fingerprint density at radius 1 is 0.423 bits per heavy atom. The second-order valence-electron chi connectivity index (χ2n) is 14.4. The summed E-state index contributed by atoms with van der Waals surface area (Å²) in [6.45, 7) is 0. The van der Waals surface area contributed by atoms with Crippen LogP contribution < -0.4 is 4.90 Å². The van der Waals surface area contributed by atoms with Crippen molar-refractivity contribution in [3.8, 4) is 22.3 Å². The minimum atomic E-state index is 0.718. The first-order valence-corrected chi connectivity index (χ1v) is 19.5. The zero-order chi connectivity index (χ0) is 34.4. The van der Waals surface area contributed by atoms with Gasteiger partial charge in [0.25, 0.3) is 0 Å². The van der Waals surface area contributed by atoms with Crippen molar-refractivity contribution in [1.29, 1.82) is 0 Å². The summed E-state index contributed by atoms with van der Waals surface area (Å²) >= 11 is 1.87. The average Bonchev–Trinajstić information content (AvgIpc) is 3.59. The number of hydrogen-bond donors (Lipinski definition) is 0. The first kappa shape index (κ1) is 31.1. The molecule has 1 fully saturated rings. The molecule has 1 aliphatic carbocycles. The molecule has 10 rings (SSSR count). The summed E-state index contributed by atoms with van der Waals surface area (Å²) in [6, 6.07) is 63.3. The van der Waals surface area contributed by atoms with Gasteiger partial charge >= 0.3 is 0 Å². The number of fused-ring (bicyclic) bond motifs is 5. The number of anilines is 3. The van der Waals surface area contributed by atoms with Crippen LogP contribution in [0.15, 0.2) is 170 Å². The summed E-state index contributed by atoms with van der Waals surface area (Å²) in [5.74, 6) is 0.718. The van der Waals surface area contributed by atoms with Crippen molar-refractivity contribution in [2.45, 2.75) is 38.0 Å². The van der Waals surface area contributed by atoms with E-state index in [1.54, 1.807) is 0 Å². The molecule has 2 heteroatoms. The maximum absolute atomic E-state index is 2.47. The Morgan fingerprint density at radius 2 is 1.04 bits per heavy atom. The van der Waals surface area contributed by atoms with Gasteiger partial charge < -0.3 is 4.90 Å². The molecule has 0 N–H and O–H groups in total. The van der Waals surface area contributed by atoms with Gasteiger partial charge in [-0.05, 0) is 105 Å². The van der Waals surface area contributed by atoms with Crippen molar-refractivity contribution < 1.29 is 0 Å². The quantitative estimate of drug-likeness (QED) is 0.168. The fourth-order valence-electron chi connectivity index (χ4n) is 8.56. The maximum Gasteiger partial charge on any atom is 0.0546 e. The average molecular weight is 686 g/mol. The smallest absolute Gasteiger partial charge is 0.0546 e. The van der Waals surface area contributed by atoms with Crippen LogP contribution in [0.2, 0.25) is 0 Å². The zero-order valence-corrected chi connectivity index (χ0v) is 30.0. The standard InChI is InChI=1S/C50H39NS/c1-2-10-34(11-3-1)36-18-20-37(21-19-36)38-24-27-42(28-25-38)51(43-29-30-46-45-16-8-9-17-48(45)52-49(46)33-43)47-31-26-39-13-6-7-15-44(39)50(47)41-23-22-35-12-4-5-14-40(35)32-41/h4-9,12-34H,1-3,10-11H2. The van der Waals surface area contributed by atoms with Crippen LogP contribution in [0.25, 0.3) is 64.0 Å². The van der Waals surface area contributed by atoms with E-state index in [1.165, 1.54) is 107 Å². The molecule has 52 heavy (non-hydrogen) atoms. The molecule has 8 aromatic carbocycles. The minimum absolute atomic E-state index is 0.718. The van der Waals surface area contributed by atoms with Gasteiger partial charge in [0.05, 0.1) is 5.69 Å². The molecule has 0 unspecified atom stereocenters. The summed E-state index contributed by atoms with van der Waals surface area (Å²) in [5, 5.41) is 7.62. The Labute approximate surface area is 309 Å². The third-order valence-electron chi connectivity index (χ3n) is 11.3. The summed E-state index contributed by atoms with van der Waals surface area (Å²) in [6.07, 6.45) is 6.76. The Kier molecular flexibility index (Phi) is 7.84. The normalized spacial score (nSPS) is 13.7. The maximum atomic E-state index is 2.47. The van der Waals surface area contributed by atoms with E-state index >= 15 is 0 Å². The molecule has 1 saturated carbocycles. The number of hydrogen-bond acceptors (Lipinski definition) is 2. The van der Waals surface area contributed by atoms with Crippen molar-refractivity contribution in [3.63, 3.8) is 0 Å². The number of nitrogens with zero attached hydrogens (tertiary/aromatic N) is 1. The van der Waals surface area contributed by atoms with E-state index in [9.17, 15) is 0 Å². The van der Waals surface area contributed by atoms with Gasteiger partial charge in [-0.15, -0.1) is 11.3 Å². The van der Waals surface area contributed by atoms with E-state index in [0.29, 0.717) is 0 Å². The highest BCUT2D eigenvalue weighted by atomic mass is 32.1. The molecule has 250 valence electrons. The van der Waals surface area contributed by atoms with Crippen molar-refractivity contribution in [2.24, 2.45) is 0 Å². The van der Waals surface area contributed by atoms with Crippen molar-refractivity contribution in [1.82, 2.24) is 0 Å². The first-order valence-electron chi connectivity index (χ1n) is 18.7. The van der Waals surface area contributed by atoms with Gasteiger partial charge in [-0.1, -0.05) is 147 Å². The SMILES string of the molecule is c1ccc2cc(-c3c(N(c4ccc(-c5ccc(C6CCCCC6)cc5)cc4)c4ccc5c(c4)sc4ccccc45)ccc4ccccc34)ccc2c1. The number of benzene rings is 8. The van der Waals surface area contributed by atoms with Crippen LogP contribution in [0.3, 0.4) is 0 Å². The monoisotopic (exact) mass is 685 g/mol. The van der Waals surface area contributed by atoms with Gasteiger partial charge in [0, 0.05) is 37.1 Å². The molecule has 1 aliphatic rings. The molecule has 0 atom stereocenters. The number of rotatable bonds is 6. The Hall–Kier alpha value is -5.70. The molecule has 0 aliphatic heterocycles. The van der Waals surface area contributed by atoms with Gasteiger partial charge in [-0.3, -0.25) is 0 Å². The Morgan fingerprint density at radius 3 is 1.85 bits per heavy atom. The summed E-state index contributed by atoms with van der Waals surface area (Å²) in [5.41, 5.74) is 9.93. The van der Waals surface area contributed by atoms with Gasteiger partial charge in [0.1, 0.15) is 0 Å². The van der Waals surface area contributed by atoms with Crippen molar-refractivity contribution >= 4 is 70.1 Å². The third-order valence-corrected chi connectivity index (χ3v) is 12.4. The highest BCUT2D eigenvalue weighted by Crippen LogP contribution is 2.47. The lowest BCUT2D eigenvalue weighted by atomic mass is 9.84. The third kappa shape index (κ3) is 5.55. The van der Waals surface area contributed by atoms with Crippen molar-refractivity contribution in [3.05, 3.63) is 175 Å². The fraction of sp³-hybridized carbons (Fsp3) is 0.120. The van der Waals surface area contributed by atoms with Gasteiger partial charge in [-0.2, -0.15) is 0 Å². The fourth-order valence-corrected chi connectivity index (χ4v) is 9.70. The molecule has 1 nitrogen and oxygen atoms in total.